The van der Waals surface area contributed by atoms with Gasteiger partial charge in [0, 0.05) is 78.2 Å². The summed E-state index contributed by atoms with van der Waals surface area (Å²) >= 11 is 17.8. The number of carbonyl (C=O) groups is 2. The van der Waals surface area contributed by atoms with Gasteiger partial charge < -0.3 is 25.3 Å². The van der Waals surface area contributed by atoms with Crippen molar-refractivity contribution in [2.45, 2.75) is 26.1 Å². The summed E-state index contributed by atoms with van der Waals surface area (Å²) in [4.78, 5) is 38.9. The number of anilines is 1. The van der Waals surface area contributed by atoms with Gasteiger partial charge in [-0.25, -0.2) is 4.79 Å². The van der Waals surface area contributed by atoms with Crippen molar-refractivity contribution >= 4 is 69.4 Å². The van der Waals surface area contributed by atoms with E-state index in [1.165, 1.54) is 30.3 Å². The molecule has 1 aliphatic carbocycles. The Hall–Kier alpha value is -5.27. The summed E-state index contributed by atoms with van der Waals surface area (Å²) in [6, 6.07) is 19.3. The van der Waals surface area contributed by atoms with E-state index in [0.717, 1.165) is 29.7 Å². The SMILES string of the molecule is O=Cc1nn(CCNC(=S)Nc2ccc(-c3c4ccc(=O)cc-4oc4cc(O)ccc34)c(C(=O)O)c2)c2c1CN(Cc1ccc(Cl)c(Cl)c1)CC2. The number of carbonyl (C=O) groups excluding carboxylic acids is 1. The summed E-state index contributed by atoms with van der Waals surface area (Å²) in [6.07, 6.45) is 1.49. The Balaban J connectivity index is 1.05. The molecular weight excluding hydrogens is 713 g/mol. The van der Waals surface area contributed by atoms with Crippen LogP contribution in [0.3, 0.4) is 0 Å². The van der Waals surface area contributed by atoms with Gasteiger partial charge in [0.05, 0.1) is 22.2 Å². The number of carboxylic acid groups (broad SMARTS) is 1. The first-order valence-corrected chi connectivity index (χ1v) is 17.1. The molecule has 1 aromatic heterocycles. The van der Waals surface area contributed by atoms with Crippen molar-refractivity contribution in [1.29, 1.82) is 0 Å². The smallest absolute Gasteiger partial charge is 0.336 e. The fraction of sp³-hybridized carbons (Fsp3) is 0.162. The molecule has 14 heteroatoms. The van der Waals surface area contributed by atoms with Gasteiger partial charge in [-0.15, -0.1) is 0 Å². The number of fused-ring (bicyclic) bond motifs is 3. The largest absolute Gasteiger partial charge is 0.508 e. The number of hydrogen-bond donors (Lipinski definition) is 4. The first-order valence-electron chi connectivity index (χ1n) is 15.9. The molecular formula is C37H29Cl2N5O6S. The molecule has 258 valence electrons. The number of phenols is 1. The Morgan fingerprint density at radius 1 is 1.02 bits per heavy atom. The van der Waals surface area contributed by atoms with Crippen molar-refractivity contribution in [3.05, 3.63) is 121 Å². The van der Waals surface area contributed by atoms with Gasteiger partial charge in [0.25, 0.3) is 0 Å². The van der Waals surface area contributed by atoms with Crippen LogP contribution in [0.25, 0.3) is 33.4 Å². The molecule has 0 spiro atoms. The number of aromatic hydroxyl groups is 1. The minimum atomic E-state index is -1.17. The number of aldehydes is 1. The lowest BCUT2D eigenvalue weighted by Crippen LogP contribution is -2.33. The first kappa shape index (κ1) is 34.2. The van der Waals surface area contributed by atoms with E-state index in [9.17, 15) is 24.6 Å². The van der Waals surface area contributed by atoms with Gasteiger partial charge in [-0.05, 0) is 71.9 Å². The fourth-order valence-electron chi connectivity index (χ4n) is 6.50. The minimum absolute atomic E-state index is 0.00589. The van der Waals surface area contributed by atoms with Gasteiger partial charge in [-0.2, -0.15) is 5.10 Å². The highest BCUT2D eigenvalue weighted by molar-refractivity contribution is 7.80. The van der Waals surface area contributed by atoms with Crippen LogP contribution in [0.15, 0.2) is 82.0 Å². The molecule has 3 aliphatic rings. The lowest BCUT2D eigenvalue weighted by molar-refractivity contribution is 0.0697. The maximum atomic E-state index is 12.6. The molecule has 7 rings (SSSR count). The minimum Gasteiger partial charge on any atom is -0.508 e. The van der Waals surface area contributed by atoms with E-state index in [0.29, 0.717) is 81.7 Å². The topological polar surface area (TPSA) is 150 Å². The number of nitrogens with zero attached hydrogens (tertiary/aromatic N) is 3. The Morgan fingerprint density at radius 2 is 1.84 bits per heavy atom. The van der Waals surface area contributed by atoms with E-state index in [-0.39, 0.29) is 27.6 Å². The van der Waals surface area contributed by atoms with Crippen LogP contribution in [-0.4, -0.2) is 55.4 Å². The van der Waals surface area contributed by atoms with Crippen LogP contribution in [0, 0.1) is 0 Å². The highest BCUT2D eigenvalue weighted by atomic mass is 35.5. The van der Waals surface area contributed by atoms with E-state index < -0.39 is 5.97 Å². The zero-order valence-corrected chi connectivity index (χ0v) is 29.1. The normalized spacial score (nSPS) is 12.9. The second kappa shape index (κ2) is 14.2. The molecule has 4 aromatic rings. The highest BCUT2D eigenvalue weighted by Gasteiger charge is 2.26. The summed E-state index contributed by atoms with van der Waals surface area (Å²) in [6.45, 7) is 2.86. The third-order valence-corrected chi connectivity index (χ3v) is 9.79. The summed E-state index contributed by atoms with van der Waals surface area (Å²) in [5, 5.41) is 33.0. The first-order chi connectivity index (χ1) is 24.6. The monoisotopic (exact) mass is 741 g/mol. The van der Waals surface area contributed by atoms with Crippen LogP contribution in [0.4, 0.5) is 5.69 Å². The van der Waals surface area contributed by atoms with E-state index in [1.54, 1.807) is 30.3 Å². The van der Waals surface area contributed by atoms with Crippen molar-refractivity contribution in [1.82, 2.24) is 20.0 Å². The zero-order chi connectivity index (χ0) is 35.8. The van der Waals surface area contributed by atoms with Gasteiger partial charge in [-0.1, -0.05) is 35.3 Å². The summed E-state index contributed by atoms with van der Waals surface area (Å²) in [5.41, 5.74) is 5.30. The maximum Gasteiger partial charge on any atom is 0.336 e. The van der Waals surface area contributed by atoms with Crippen LogP contribution in [0.5, 0.6) is 5.75 Å². The number of aromatic carboxylic acids is 1. The molecule has 0 fully saturated rings. The number of hydrogen-bond acceptors (Lipinski definition) is 8. The standard InChI is InChI=1S/C37H29Cl2N5O6S/c38-29-8-1-20(13-30(29)39)17-43-11-9-32-28(18-43)31(19-45)42-44(32)12-10-40-37(51)41-21-2-5-24(27(14-21)36(48)49)35-25-6-3-22(46)15-33(25)50-34-16-23(47)4-7-26(34)35/h1-8,13-16,19,46H,9-12,17-18H2,(H,48,49)(H2,40,41,51). The summed E-state index contributed by atoms with van der Waals surface area (Å²) in [5.74, 6) is -0.939. The van der Waals surface area contributed by atoms with Gasteiger partial charge in [0.1, 0.15) is 22.8 Å². The Kier molecular flexibility index (Phi) is 9.49. The Labute approximate surface area is 306 Å². The molecule has 51 heavy (non-hydrogen) atoms. The predicted octanol–water partition coefficient (Wildman–Crippen LogP) is 6.83. The lowest BCUT2D eigenvalue weighted by atomic mass is 9.90. The third-order valence-electron chi connectivity index (χ3n) is 8.81. The molecule has 0 saturated heterocycles. The summed E-state index contributed by atoms with van der Waals surface area (Å²) < 4.78 is 7.74. The van der Waals surface area contributed by atoms with E-state index >= 15 is 0 Å². The zero-order valence-electron chi connectivity index (χ0n) is 26.8. The number of thiocarbonyl (C=S) groups is 1. The van der Waals surface area contributed by atoms with Crippen LogP contribution >= 0.6 is 35.4 Å². The van der Waals surface area contributed by atoms with Crippen LogP contribution in [0.2, 0.25) is 10.0 Å². The molecule has 4 N–H and O–H groups in total. The fourth-order valence-corrected chi connectivity index (χ4v) is 7.04. The number of carboxylic acids is 1. The van der Waals surface area contributed by atoms with Crippen LogP contribution in [0.1, 0.15) is 37.7 Å². The van der Waals surface area contributed by atoms with Gasteiger partial charge in [-0.3, -0.25) is 19.2 Å². The molecule has 0 saturated carbocycles. The van der Waals surface area contributed by atoms with Crippen molar-refractivity contribution < 1.29 is 24.2 Å². The van der Waals surface area contributed by atoms with E-state index in [4.69, 9.17) is 39.8 Å². The number of halogens is 2. The molecule has 2 aliphatic heterocycles. The average molecular weight is 743 g/mol. The molecule has 0 bridgehead atoms. The van der Waals surface area contributed by atoms with Crippen molar-refractivity contribution in [2.24, 2.45) is 0 Å². The van der Waals surface area contributed by atoms with Gasteiger partial charge >= 0.3 is 5.97 Å². The van der Waals surface area contributed by atoms with E-state index in [2.05, 4.69) is 20.6 Å². The number of phenolic OH excluding ortho intramolecular Hbond substituents is 1. The van der Waals surface area contributed by atoms with Gasteiger partial charge in [0.2, 0.25) is 0 Å². The molecule has 3 aromatic carbocycles. The highest BCUT2D eigenvalue weighted by Crippen LogP contribution is 2.42. The Morgan fingerprint density at radius 3 is 2.63 bits per heavy atom. The number of nitrogens with one attached hydrogen (secondary N) is 2. The molecule has 0 atom stereocenters. The number of aromatic nitrogens is 2. The quantitative estimate of drug-likeness (QED) is 0.0702. The molecule has 0 radical (unpaired) electrons. The van der Waals surface area contributed by atoms with Crippen LogP contribution in [-0.2, 0) is 26.1 Å². The molecule has 11 nitrogen and oxygen atoms in total. The molecule has 0 amide bonds. The second-order valence-corrected chi connectivity index (χ2v) is 13.3. The van der Waals surface area contributed by atoms with Crippen molar-refractivity contribution in [2.75, 3.05) is 18.4 Å². The molecule has 3 heterocycles. The van der Waals surface area contributed by atoms with Crippen LogP contribution < -0.4 is 16.1 Å². The second-order valence-electron chi connectivity index (χ2n) is 12.1. The average Bonchev–Trinajstić information content (AvgIpc) is 3.45. The number of rotatable bonds is 9. The van der Waals surface area contributed by atoms with E-state index in [1.807, 2.05) is 16.8 Å². The maximum absolute atomic E-state index is 12.6. The predicted molar refractivity (Wildman–Crippen MR) is 199 cm³/mol. The third kappa shape index (κ3) is 7.04. The van der Waals surface area contributed by atoms with Gasteiger partial charge in [0.15, 0.2) is 16.8 Å². The van der Waals surface area contributed by atoms with Crippen molar-refractivity contribution in [3.63, 3.8) is 0 Å². The lowest BCUT2D eigenvalue weighted by Gasteiger charge is -2.27. The van der Waals surface area contributed by atoms with Crippen molar-refractivity contribution in [3.8, 4) is 28.2 Å². The molecule has 0 unspecified atom stereocenters. The number of benzene rings is 4. The Bertz CT molecular complexity index is 2390. The summed E-state index contributed by atoms with van der Waals surface area (Å²) in [7, 11) is 0.